The molecule has 0 aliphatic carbocycles. The third-order valence-electron chi connectivity index (χ3n) is 2.85. The Balaban J connectivity index is 2.65. The lowest BCUT2D eigenvalue weighted by Gasteiger charge is -2.16. The lowest BCUT2D eigenvalue weighted by molar-refractivity contribution is 0.0784. The van der Waals surface area contributed by atoms with E-state index in [-0.39, 0.29) is 6.10 Å². The van der Waals surface area contributed by atoms with Crippen molar-refractivity contribution in [1.82, 2.24) is 0 Å². The molecule has 0 saturated carbocycles. The maximum atomic E-state index is 5.57. The molecule has 0 fully saturated rings. The Morgan fingerprint density at radius 2 is 1.81 bits per heavy atom. The summed E-state index contributed by atoms with van der Waals surface area (Å²) in [7, 11) is 4.85. The first-order chi connectivity index (χ1) is 7.72. The van der Waals surface area contributed by atoms with Gasteiger partial charge >= 0.3 is 0 Å². The number of methoxy groups -OCH3 is 3. The van der Waals surface area contributed by atoms with Crippen LogP contribution < -0.4 is 14.2 Å². The van der Waals surface area contributed by atoms with E-state index in [1.165, 1.54) is 0 Å². The molecule has 0 spiro atoms. The van der Waals surface area contributed by atoms with E-state index in [4.69, 9.17) is 18.9 Å². The molecule has 4 nitrogen and oxygen atoms in total. The minimum Gasteiger partial charge on any atom is -0.493 e. The molecule has 2 rings (SSSR count). The van der Waals surface area contributed by atoms with Gasteiger partial charge in [0.2, 0.25) is 5.75 Å². The van der Waals surface area contributed by atoms with Gasteiger partial charge in [-0.1, -0.05) is 0 Å². The highest BCUT2D eigenvalue weighted by Gasteiger charge is 2.28. The van der Waals surface area contributed by atoms with Gasteiger partial charge in [-0.25, -0.2) is 0 Å². The van der Waals surface area contributed by atoms with E-state index in [2.05, 4.69) is 0 Å². The number of hydrogen-bond donors (Lipinski definition) is 0. The largest absolute Gasteiger partial charge is 0.493 e. The van der Waals surface area contributed by atoms with Crippen molar-refractivity contribution in [3.8, 4) is 17.2 Å². The molecule has 0 amide bonds. The zero-order valence-electron chi connectivity index (χ0n) is 9.99. The summed E-state index contributed by atoms with van der Waals surface area (Å²) in [5, 5.41) is 0. The van der Waals surface area contributed by atoms with Crippen molar-refractivity contribution < 1.29 is 18.9 Å². The summed E-state index contributed by atoms with van der Waals surface area (Å²) < 4.78 is 21.6. The van der Waals surface area contributed by atoms with Crippen LogP contribution in [0.2, 0.25) is 0 Å². The molecule has 1 aliphatic rings. The highest BCUT2D eigenvalue weighted by molar-refractivity contribution is 5.60. The fourth-order valence-corrected chi connectivity index (χ4v) is 2.09. The number of benzene rings is 1. The Kier molecular flexibility index (Phi) is 2.92. The van der Waals surface area contributed by atoms with Crippen LogP contribution in [0.5, 0.6) is 17.2 Å². The van der Waals surface area contributed by atoms with Crippen LogP contribution >= 0.6 is 0 Å². The quantitative estimate of drug-likeness (QED) is 0.789. The van der Waals surface area contributed by atoms with Crippen LogP contribution in [0.15, 0.2) is 6.07 Å². The topological polar surface area (TPSA) is 36.9 Å². The molecule has 1 atom stereocenters. The molecule has 16 heavy (non-hydrogen) atoms. The average Bonchev–Trinajstić information content (AvgIpc) is 2.68. The highest BCUT2D eigenvalue weighted by Crippen LogP contribution is 2.48. The maximum Gasteiger partial charge on any atom is 0.203 e. The fourth-order valence-electron chi connectivity index (χ4n) is 2.09. The van der Waals surface area contributed by atoms with Gasteiger partial charge in [0.05, 0.1) is 34.0 Å². The Hall–Kier alpha value is -1.42. The van der Waals surface area contributed by atoms with Crippen LogP contribution in [-0.4, -0.2) is 21.3 Å². The lowest BCUT2D eigenvalue weighted by atomic mass is 10.0. The molecule has 0 N–H and O–H groups in total. The first-order valence-corrected chi connectivity index (χ1v) is 5.16. The molecule has 1 aromatic carbocycles. The molecular weight excluding hydrogens is 208 g/mol. The molecule has 1 heterocycles. The summed E-state index contributed by atoms with van der Waals surface area (Å²) in [5.41, 5.74) is 2.15. The van der Waals surface area contributed by atoms with Crippen LogP contribution in [0.1, 0.15) is 24.2 Å². The Labute approximate surface area is 95.1 Å². The SMILES string of the molecule is COc1cc2c(c(OC)c1OC)[C@@H](C)OC2. The van der Waals surface area contributed by atoms with E-state index >= 15 is 0 Å². The summed E-state index contributed by atoms with van der Waals surface area (Å²) in [6.45, 7) is 2.59. The van der Waals surface area contributed by atoms with Gasteiger partial charge in [0, 0.05) is 5.56 Å². The number of ether oxygens (including phenoxy) is 4. The molecule has 1 aromatic rings. The standard InChI is InChI=1S/C12H16O4/c1-7-10-8(6-16-7)5-9(13-2)11(14-3)12(10)15-4/h5,7H,6H2,1-4H3/t7-/m1/s1. The van der Waals surface area contributed by atoms with E-state index in [0.717, 1.165) is 11.1 Å². The molecule has 0 aromatic heterocycles. The van der Waals surface area contributed by atoms with E-state index in [1.54, 1.807) is 21.3 Å². The highest BCUT2D eigenvalue weighted by atomic mass is 16.5. The van der Waals surface area contributed by atoms with Crippen molar-refractivity contribution in [2.75, 3.05) is 21.3 Å². The van der Waals surface area contributed by atoms with Gasteiger partial charge in [-0.3, -0.25) is 0 Å². The van der Waals surface area contributed by atoms with Gasteiger partial charge in [-0.05, 0) is 18.6 Å². The second-order valence-corrected chi connectivity index (χ2v) is 3.67. The Morgan fingerprint density at radius 3 is 2.38 bits per heavy atom. The fraction of sp³-hybridized carbons (Fsp3) is 0.500. The van der Waals surface area contributed by atoms with Crippen molar-refractivity contribution in [1.29, 1.82) is 0 Å². The van der Waals surface area contributed by atoms with E-state index < -0.39 is 0 Å². The monoisotopic (exact) mass is 224 g/mol. The third kappa shape index (κ3) is 1.50. The maximum absolute atomic E-state index is 5.57. The van der Waals surface area contributed by atoms with Crippen LogP contribution in [-0.2, 0) is 11.3 Å². The van der Waals surface area contributed by atoms with E-state index in [1.807, 2.05) is 13.0 Å². The number of fused-ring (bicyclic) bond motifs is 1. The Morgan fingerprint density at radius 1 is 1.12 bits per heavy atom. The van der Waals surface area contributed by atoms with Crippen LogP contribution in [0.25, 0.3) is 0 Å². The normalized spacial score (nSPS) is 18.1. The van der Waals surface area contributed by atoms with Gasteiger partial charge < -0.3 is 18.9 Å². The molecule has 0 bridgehead atoms. The summed E-state index contributed by atoms with van der Waals surface area (Å²) in [4.78, 5) is 0. The van der Waals surface area contributed by atoms with Gasteiger partial charge in [0.25, 0.3) is 0 Å². The van der Waals surface area contributed by atoms with Crippen LogP contribution in [0.4, 0.5) is 0 Å². The molecule has 0 unspecified atom stereocenters. The van der Waals surface area contributed by atoms with Crippen molar-refractivity contribution >= 4 is 0 Å². The molecule has 0 saturated heterocycles. The Bertz CT molecular complexity index is 400. The smallest absolute Gasteiger partial charge is 0.203 e. The van der Waals surface area contributed by atoms with Gasteiger partial charge in [0.15, 0.2) is 11.5 Å². The van der Waals surface area contributed by atoms with E-state index in [9.17, 15) is 0 Å². The lowest BCUT2D eigenvalue weighted by Crippen LogP contribution is -2.00. The van der Waals surface area contributed by atoms with Gasteiger partial charge in [-0.15, -0.1) is 0 Å². The van der Waals surface area contributed by atoms with E-state index in [0.29, 0.717) is 23.9 Å². The van der Waals surface area contributed by atoms with Crippen LogP contribution in [0, 0.1) is 0 Å². The minimum atomic E-state index is 0.0322. The molecule has 0 radical (unpaired) electrons. The van der Waals surface area contributed by atoms with Gasteiger partial charge in [0.1, 0.15) is 0 Å². The molecule has 88 valence electrons. The van der Waals surface area contributed by atoms with Gasteiger partial charge in [-0.2, -0.15) is 0 Å². The predicted octanol–water partition coefficient (Wildman–Crippen LogP) is 2.30. The first kappa shape index (κ1) is 11.1. The van der Waals surface area contributed by atoms with Crippen molar-refractivity contribution in [2.24, 2.45) is 0 Å². The second kappa shape index (κ2) is 4.22. The van der Waals surface area contributed by atoms with Crippen LogP contribution in [0.3, 0.4) is 0 Å². The molecular formula is C12H16O4. The van der Waals surface area contributed by atoms with Crippen molar-refractivity contribution in [3.05, 3.63) is 17.2 Å². The second-order valence-electron chi connectivity index (χ2n) is 3.67. The van der Waals surface area contributed by atoms with Crippen molar-refractivity contribution in [2.45, 2.75) is 19.6 Å². The minimum absolute atomic E-state index is 0.0322. The summed E-state index contributed by atoms with van der Waals surface area (Å²) in [5.74, 6) is 2.01. The predicted molar refractivity (Wildman–Crippen MR) is 59.3 cm³/mol. The third-order valence-corrected chi connectivity index (χ3v) is 2.85. The summed E-state index contributed by atoms with van der Waals surface area (Å²) >= 11 is 0. The molecule has 4 heteroatoms. The summed E-state index contributed by atoms with van der Waals surface area (Å²) in [6.07, 6.45) is 0.0322. The summed E-state index contributed by atoms with van der Waals surface area (Å²) in [6, 6.07) is 1.94. The molecule has 1 aliphatic heterocycles. The van der Waals surface area contributed by atoms with Crippen molar-refractivity contribution in [3.63, 3.8) is 0 Å². The average molecular weight is 224 g/mol. The zero-order chi connectivity index (χ0) is 11.7. The number of hydrogen-bond acceptors (Lipinski definition) is 4. The zero-order valence-corrected chi connectivity index (χ0v) is 9.99. The first-order valence-electron chi connectivity index (χ1n) is 5.16. The number of rotatable bonds is 3.